The van der Waals surface area contributed by atoms with Crippen LogP contribution in [0.15, 0.2) is 23.2 Å². The molecule has 1 aliphatic heterocycles. The van der Waals surface area contributed by atoms with Gasteiger partial charge >= 0.3 is 0 Å². The van der Waals surface area contributed by atoms with E-state index in [1.807, 2.05) is 19.2 Å². The fourth-order valence-corrected chi connectivity index (χ4v) is 1.84. The Kier molecular flexibility index (Phi) is 5.89. The molecule has 19 heavy (non-hydrogen) atoms. The van der Waals surface area contributed by atoms with Crippen LogP contribution >= 0.6 is 24.0 Å². The van der Waals surface area contributed by atoms with E-state index >= 15 is 0 Å². The third-order valence-corrected chi connectivity index (χ3v) is 2.90. The first-order valence-corrected chi connectivity index (χ1v) is 5.81. The summed E-state index contributed by atoms with van der Waals surface area (Å²) in [4.78, 5) is 6.44. The maximum atomic E-state index is 8.91. The van der Waals surface area contributed by atoms with Gasteiger partial charge in [0.15, 0.2) is 5.96 Å². The van der Waals surface area contributed by atoms with Crippen LogP contribution in [-0.2, 0) is 6.54 Å². The molecule has 1 aromatic rings. The van der Waals surface area contributed by atoms with Gasteiger partial charge in [-0.2, -0.15) is 5.26 Å². The first kappa shape index (κ1) is 15.6. The van der Waals surface area contributed by atoms with E-state index in [2.05, 4.69) is 21.3 Å². The molecule has 0 fully saturated rings. The van der Waals surface area contributed by atoms with Crippen LogP contribution in [0.25, 0.3) is 0 Å². The van der Waals surface area contributed by atoms with Crippen molar-refractivity contribution in [2.24, 2.45) is 4.99 Å². The van der Waals surface area contributed by atoms with Gasteiger partial charge in [-0.1, -0.05) is 6.07 Å². The van der Waals surface area contributed by atoms with Crippen molar-refractivity contribution in [3.63, 3.8) is 0 Å². The molecule has 0 aliphatic carbocycles. The molecule has 0 spiro atoms. The quantitative estimate of drug-likeness (QED) is 0.819. The molecule has 0 radical (unpaired) electrons. The summed E-state index contributed by atoms with van der Waals surface area (Å²) in [6.45, 7) is 2.47. The molecular weight excluding hydrogens is 355 g/mol. The summed E-state index contributed by atoms with van der Waals surface area (Å²) in [6, 6.07) is 7.67. The number of hydrogen-bond donors (Lipinski definition) is 1. The monoisotopic (exact) mass is 372 g/mol. The SMILES string of the molecule is COc1cc(CNC2=NCCN2C)ccc1C#N.I. The minimum Gasteiger partial charge on any atom is -0.495 e. The molecule has 102 valence electrons. The molecule has 6 heteroatoms. The van der Waals surface area contributed by atoms with Crippen LogP contribution in [0, 0.1) is 11.3 Å². The van der Waals surface area contributed by atoms with E-state index in [0.29, 0.717) is 17.9 Å². The number of nitrogens with one attached hydrogen (secondary N) is 1. The smallest absolute Gasteiger partial charge is 0.194 e. The molecule has 1 aliphatic rings. The second kappa shape index (κ2) is 7.19. The Balaban J connectivity index is 0.00000180. The Hall–Kier alpha value is -1.49. The standard InChI is InChI=1S/C13H16N4O.HI/c1-17-6-5-15-13(17)16-9-10-3-4-11(8-14)12(7-10)18-2;/h3-4,7H,5-6,9H2,1-2H3,(H,15,16);1H. The Morgan fingerprint density at radius 2 is 2.32 bits per heavy atom. The first-order chi connectivity index (χ1) is 8.74. The van der Waals surface area contributed by atoms with E-state index in [0.717, 1.165) is 24.6 Å². The summed E-state index contributed by atoms with van der Waals surface area (Å²) in [5, 5.41) is 12.2. The lowest BCUT2D eigenvalue weighted by atomic mass is 10.1. The molecule has 0 saturated heterocycles. The highest BCUT2D eigenvalue weighted by atomic mass is 127. The van der Waals surface area contributed by atoms with E-state index in [9.17, 15) is 0 Å². The average Bonchev–Trinajstić information content (AvgIpc) is 2.81. The second-order valence-corrected chi connectivity index (χ2v) is 4.13. The maximum Gasteiger partial charge on any atom is 0.194 e. The molecule has 1 N–H and O–H groups in total. The zero-order valence-electron chi connectivity index (χ0n) is 11.0. The van der Waals surface area contributed by atoms with Crippen LogP contribution in [0.1, 0.15) is 11.1 Å². The molecule has 0 saturated carbocycles. The summed E-state index contributed by atoms with van der Waals surface area (Å²) in [5.74, 6) is 1.52. The number of halogens is 1. The summed E-state index contributed by atoms with van der Waals surface area (Å²) < 4.78 is 5.18. The maximum absolute atomic E-state index is 8.91. The molecule has 1 aromatic carbocycles. The van der Waals surface area contributed by atoms with Crippen molar-refractivity contribution < 1.29 is 4.74 Å². The first-order valence-electron chi connectivity index (χ1n) is 5.81. The number of nitriles is 1. The average molecular weight is 372 g/mol. The van der Waals surface area contributed by atoms with E-state index in [-0.39, 0.29) is 24.0 Å². The fraction of sp³-hybridized carbons (Fsp3) is 0.385. The van der Waals surface area contributed by atoms with Crippen LogP contribution in [0.4, 0.5) is 0 Å². The largest absolute Gasteiger partial charge is 0.495 e. The van der Waals surface area contributed by atoms with Crippen molar-refractivity contribution in [1.29, 1.82) is 5.26 Å². The number of likely N-dealkylation sites (N-methyl/N-ethyl adjacent to an activating group) is 1. The molecule has 0 amide bonds. The van der Waals surface area contributed by atoms with Gasteiger partial charge in [0.2, 0.25) is 0 Å². The minimum absolute atomic E-state index is 0. The van der Waals surface area contributed by atoms with Gasteiger partial charge in [0.05, 0.1) is 19.2 Å². The Morgan fingerprint density at radius 1 is 1.53 bits per heavy atom. The van der Waals surface area contributed by atoms with Crippen LogP contribution in [0.3, 0.4) is 0 Å². The van der Waals surface area contributed by atoms with Gasteiger partial charge < -0.3 is 15.0 Å². The minimum atomic E-state index is 0. The number of ether oxygens (including phenoxy) is 1. The summed E-state index contributed by atoms with van der Waals surface area (Å²) in [6.07, 6.45) is 0. The second-order valence-electron chi connectivity index (χ2n) is 4.13. The van der Waals surface area contributed by atoms with Crippen LogP contribution in [0.2, 0.25) is 0 Å². The molecule has 0 bridgehead atoms. The van der Waals surface area contributed by atoms with E-state index < -0.39 is 0 Å². The van der Waals surface area contributed by atoms with Gasteiger partial charge in [-0.3, -0.25) is 4.99 Å². The topological polar surface area (TPSA) is 60.6 Å². The Bertz CT molecular complexity index is 510. The molecule has 2 rings (SSSR count). The number of benzene rings is 1. The van der Waals surface area contributed by atoms with Gasteiger partial charge in [0.25, 0.3) is 0 Å². The molecule has 0 aromatic heterocycles. The molecule has 1 heterocycles. The third-order valence-electron chi connectivity index (χ3n) is 2.90. The normalized spacial score (nSPS) is 13.3. The summed E-state index contributed by atoms with van der Waals surface area (Å²) in [5.41, 5.74) is 1.62. The number of hydrogen-bond acceptors (Lipinski definition) is 5. The van der Waals surface area contributed by atoms with Gasteiger partial charge in [0, 0.05) is 20.1 Å². The number of methoxy groups -OCH3 is 1. The van der Waals surface area contributed by atoms with Crippen molar-refractivity contribution in [3.05, 3.63) is 29.3 Å². The zero-order valence-corrected chi connectivity index (χ0v) is 13.3. The summed E-state index contributed by atoms with van der Waals surface area (Å²) in [7, 11) is 3.58. The van der Waals surface area contributed by atoms with E-state index in [1.165, 1.54) is 0 Å². The Morgan fingerprint density at radius 3 is 2.89 bits per heavy atom. The highest BCUT2D eigenvalue weighted by Crippen LogP contribution is 2.19. The predicted octanol–water partition coefficient (Wildman–Crippen LogP) is 1.58. The third kappa shape index (κ3) is 3.73. The van der Waals surface area contributed by atoms with Crippen LogP contribution in [0.5, 0.6) is 5.75 Å². The number of nitrogens with zero attached hydrogens (tertiary/aromatic N) is 3. The fourth-order valence-electron chi connectivity index (χ4n) is 1.84. The molecule has 0 unspecified atom stereocenters. The lowest BCUT2D eigenvalue weighted by Crippen LogP contribution is -2.35. The van der Waals surface area contributed by atoms with Crippen molar-refractivity contribution in [2.45, 2.75) is 6.54 Å². The van der Waals surface area contributed by atoms with Gasteiger partial charge in [-0.15, -0.1) is 24.0 Å². The highest BCUT2D eigenvalue weighted by molar-refractivity contribution is 14.0. The van der Waals surface area contributed by atoms with Crippen molar-refractivity contribution in [3.8, 4) is 11.8 Å². The Labute approximate surface area is 130 Å². The van der Waals surface area contributed by atoms with Gasteiger partial charge in [0.1, 0.15) is 11.8 Å². The molecular formula is C13H17IN4O. The van der Waals surface area contributed by atoms with Crippen LogP contribution in [-0.4, -0.2) is 38.1 Å². The van der Waals surface area contributed by atoms with Gasteiger partial charge in [-0.05, 0) is 17.7 Å². The predicted molar refractivity (Wildman–Crippen MR) is 84.9 cm³/mol. The van der Waals surface area contributed by atoms with E-state index in [1.54, 1.807) is 13.2 Å². The van der Waals surface area contributed by atoms with Crippen molar-refractivity contribution >= 4 is 29.9 Å². The lowest BCUT2D eigenvalue weighted by molar-refractivity contribution is 0.413. The molecule has 5 nitrogen and oxygen atoms in total. The number of guanidine groups is 1. The number of rotatable bonds is 3. The summed E-state index contributed by atoms with van der Waals surface area (Å²) >= 11 is 0. The zero-order chi connectivity index (χ0) is 13.0. The molecule has 0 atom stereocenters. The number of aliphatic imine (C=N–C) groups is 1. The van der Waals surface area contributed by atoms with Crippen molar-refractivity contribution in [2.75, 3.05) is 27.2 Å². The van der Waals surface area contributed by atoms with Crippen LogP contribution < -0.4 is 10.1 Å². The van der Waals surface area contributed by atoms with E-state index in [4.69, 9.17) is 10.00 Å². The van der Waals surface area contributed by atoms with Crippen molar-refractivity contribution in [1.82, 2.24) is 10.2 Å². The highest BCUT2D eigenvalue weighted by Gasteiger charge is 2.11. The lowest BCUT2D eigenvalue weighted by Gasteiger charge is -2.15. The van der Waals surface area contributed by atoms with Gasteiger partial charge in [-0.25, -0.2) is 0 Å².